The second-order valence-corrected chi connectivity index (χ2v) is 6.35. The van der Waals surface area contributed by atoms with Gasteiger partial charge in [-0.1, -0.05) is 29.8 Å². The van der Waals surface area contributed by atoms with Crippen LogP contribution < -0.4 is 5.56 Å². The van der Waals surface area contributed by atoms with E-state index in [0.29, 0.717) is 22.7 Å². The van der Waals surface area contributed by atoms with Crippen LogP contribution in [0.1, 0.15) is 22.4 Å². The summed E-state index contributed by atoms with van der Waals surface area (Å²) < 4.78 is 1.51. The van der Waals surface area contributed by atoms with Crippen molar-refractivity contribution < 1.29 is 0 Å². The van der Waals surface area contributed by atoms with E-state index in [1.54, 1.807) is 0 Å². The molecule has 23 heavy (non-hydrogen) atoms. The minimum Gasteiger partial charge on any atom is -0.305 e. The van der Waals surface area contributed by atoms with Gasteiger partial charge in [-0.2, -0.15) is 0 Å². The molecule has 1 aromatic carbocycles. The highest BCUT2D eigenvalue weighted by Crippen LogP contribution is 2.19. The number of rotatable bonds is 4. The first-order valence-electron chi connectivity index (χ1n) is 7.44. The topological polar surface area (TPSA) is 53.4 Å². The Morgan fingerprint density at radius 3 is 2.70 bits per heavy atom. The number of hydrogen-bond acceptors (Lipinski definition) is 3. The number of H-pyrrole nitrogens is 1. The molecule has 0 aliphatic carbocycles. The van der Waals surface area contributed by atoms with Crippen LogP contribution in [0.2, 0.25) is 5.02 Å². The summed E-state index contributed by atoms with van der Waals surface area (Å²) in [5, 5.41) is 3.67. The monoisotopic (exact) mass is 330 g/mol. The Kier molecular flexibility index (Phi) is 4.24. The third-order valence-corrected chi connectivity index (χ3v) is 4.22. The zero-order chi connectivity index (χ0) is 16.6. The van der Waals surface area contributed by atoms with E-state index < -0.39 is 0 Å². The zero-order valence-corrected chi connectivity index (χ0v) is 14.2. The van der Waals surface area contributed by atoms with Crippen molar-refractivity contribution in [3.8, 4) is 0 Å². The first kappa shape index (κ1) is 15.8. The number of nitrogens with one attached hydrogen (secondary N) is 1. The first-order valence-corrected chi connectivity index (χ1v) is 7.82. The molecule has 0 spiro atoms. The third kappa shape index (κ3) is 3.02. The molecular weight excluding hydrogens is 312 g/mol. The summed E-state index contributed by atoms with van der Waals surface area (Å²) in [6.07, 6.45) is 2.31. The third-order valence-electron chi connectivity index (χ3n) is 3.85. The Labute approximate surface area is 139 Å². The van der Waals surface area contributed by atoms with Gasteiger partial charge in [-0.15, -0.1) is 0 Å². The summed E-state index contributed by atoms with van der Waals surface area (Å²) in [5.74, 6) is 0. The standard InChI is InChI=1S/C17H19ClN4O/c1-11-14(8-12-6-4-5-7-15(12)18)17(23)22-16(20-11)13(9-19-22)10-21(2)3/h4-7,9,19H,8,10H2,1-3H3. The molecule has 0 fully saturated rings. The lowest BCUT2D eigenvalue weighted by atomic mass is 10.1. The predicted octanol–water partition coefficient (Wildman–Crippen LogP) is 2.64. The van der Waals surface area contributed by atoms with Crippen molar-refractivity contribution in [3.05, 3.63) is 68.2 Å². The maximum absolute atomic E-state index is 12.8. The van der Waals surface area contributed by atoms with Crippen LogP contribution >= 0.6 is 11.6 Å². The largest absolute Gasteiger partial charge is 0.305 e. The number of aromatic amines is 1. The van der Waals surface area contributed by atoms with Gasteiger partial charge in [-0.05, 0) is 32.6 Å². The summed E-state index contributed by atoms with van der Waals surface area (Å²) in [5.41, 5.74) is 3.94. The number of aryl methyl sites for hydroxylation is 1. The highest BCUT2D eigenvalue weighted by molar-refractivity contribution is 6.31. The van der Waals surface area contributed by atoms with Gasteiger partial charge in [0, 0.05) is 41.0 Å². The van der Waals surface area contributed by atoms with E-state index in [1.165, 1.54) is 4.52 Å². The Morgan fingerprint density at radius 1 is 1.26 bits per heavy atom. The molecule has 0 bridgehead atoms. The first-order chi connectivity index (χ1) is 11.0. The fraction of sp³-hybridized carbons (Fsp3) is 0.294. The van der Waals surface area contributed by atoms with Gasteiger partial charge in [-0.3, -0.25) is 9.89 Å². The average molecular weight is 331 g/mol. The maximum atomic E-state index is 12.8. The van der Waals surface area contributed by atoms with Crippen LogP contribution in [0.25, 0.3) is 5.65 Å². The number of benzene rings is 1. The van der Waals surface area contributed by atoms with Crippen LogP contribution in [0.15, 0.2) is 35.3 Å². The molecule has 5 nitrogen and oxygen atoms in total. The minimum atomic E-state index is -0.0718. The molecule has 6 heteroatoms. The lowest BCUT2D eigenvalue weighted by Crippen LogP contribution is -2.22. The van der Waals surface area contributed by atoms with Crippen molar-refractivity contribution in [3.63, 3.8) is 0 Å². The van der Waals surface area contributed by atoms with E-state index in [2.05, 4.69) is 10.1 Å². The predicted molar refractivity (Wildman–Crippen MR) is 92.2 cm³/mol. The molecule has 0 radical (unpaired) electrons. The number of halogens is 1. The van der Waals surface area contributed by atoms with E-state index in [9.17, 15) is 4.79 Å². The fourth-order valence-corrected chi connectivity index (χ4v) is 2.90. The second kappa shape index (κ2) is 6.18. The quantitative estimate of drug-likeness (QED) is 0.800. The zero-order valence-electron chi connectivity index (χ0n) is 13.4. The average Bonchev–Trinajstić information content (AvgIpc) is 2.87. The molecule has 2 heterocycles. The molecule has 1 N–H and O–H groups in total. The van der Waals surface area contributed by atoms with Crippen molar-refractivity contribution in [1.29, 1.82) is 0 Å². The van der Waals surface area contributed by atoms with Crippen molar-refractivity contribution >= 4 is 17.2 Å². The van der Waals surface area contributed by atoms with Crippen LogP contribution in [0, 0.1) is 6.92 Å². The van der Waals surface area contributed by atoms with Crippen LogP contribution in [0.3, 0.4) is 0 Å². The highest BCUT2D eigenvalue weighted by Gasteiger charge is 2.15. The summed E-state index contributed by atoms with van der Waals surface area (Å²) in [4.78, 5) is 19.5. The van der Waals surface area contributed by atoms with E-state index in [1.807, 2.05) is 56.4 Å². The Balaban J connectivity index is 2.09. The number of hydrogen-bond donors (Lipinski definition) is 1. The molecular formula is C17H19ClN4O. The van der Waals surface area contributed by atoms with Crippen LogP contribution in [-0.2, 0) is 13.0 Å². The van der Waals surface area contributed by atoms with Gasteiger partial charge >= 0.3 is 0 Å². The molecule has 0 atom stereocenters. The molecule has 0 unspecified atom stereocenters. The number of aromatic nitrogens is 3. The summed E-state index contributed by atoms with van der Waals surface area (Å²) in [7, 11) is 3.97. The van der Waals surface area contributed by atoms with Crippen molar-refractivity contribution in [2.45, 2.75) is 19.9 Å². The minimum absolute atomic E-state index is 0.0718. The maximum Gasteiger partial charge on any atom is 0.276 e. The number of fused-ring (bicyclic) bond motifs is 1. The lowest BCUT2D eigenvalue weighted by molar-refractivity contribution is 0.403. The van der Waals surface area contributed by atoms with E-state index in [0.717, 1.165) is 23.4 Å². The lowest BCUT2D eigenvalue weighted by Gasteiger charge is -2.09. The molecule has 3 aromatic rings. The van der Waals surface area contributed by atoms with Gasteiger partial charge in [0.15, 0.2) is 5.65 Å². The van der Waals surface area contributed by atoms with Crippen LogP contribution in [0.4, 0.5) is 0 Å². The summed E-state index contributed by atoms with van der Waals surface area (Å²) in [6.45, 7) is 2.60. The van der Waals surface area contributed by atoms with Crippen molar-refractivity contribution in [2.75, 3.05) is 14.1 Å². The number of nitrogens with zero attached hydrogens (tertiary/aromatic N) is 3. The smallest absolute Gasteiger partial charge is 0.276 e. The SMILES string of the molecule is Cc1nc2c(CN(C)C)c[nH]n2c(=O)c1Cc1ccccc1Cl. The van der Waals surface area contributed by atoms with Gasteiger partial charge in [-0.25, -0.2) is 9.50 Å². The van der Waals surface area contributed by atoms with Gasteiger partial charge in [0.25, 0.3) is 5.56 Å². The van der Waals surface area contributed by atoms with Crippen molar-refractivity contribution in [2.24, 2.45) is 0 Å². The van der Waals surface area contributed by atoms with Crippen LogP contribution in [-0.4, -0.2) is 33.6 Å². The van der Waals surface area contributed by atoms with Gasteiger partial charge < -0.3 is 4.90 Å². The highest BCUT2D eigenvalue weighted by atomic mass is 35.5. The van der Waals surface area contributed by atoms with E-state index in [4.69, 9.17) is 11.6 Å². The Hall–Kier alpha value is -2.11. The molecule has 3 rings (SSSR count). The molecule has 0 aliphatic heterocycles. The summed E-state index contributed by atoms with van der Waals surface area (Å²) in [6, 6.07) is 7.57. The van der Waals surface area contributed by atoms with Crippen LogP contribution in [0.5, 0.6) is 0 Å². The summed E-state index contributed by atoms with van der Waals surface area (Å²) >= 11 is 6.22. The van der Waals surface area contributed by atoms with E-state index in [-0.39, 0.29) is 5.56 Å². The fourth-order valence-electron chi connectivity index (χ4n) is 2.70. The molecule has 0 amide bonds. The molecule has 0 saturated heterocycles. The Morgan fingerprint density at radius 2 is 2.00 bits per heavy atom. The van der Waals surface area contributed by atoms with Gasteiger partial charge in [0.1, 0.15) is 0 Å². The van der Waals surface area contributed by atoms with E-state index >= 15 is 0 Å². The molecule has 120 valence electrons. The molecule has 2 aromatic heterocycles. The Bertz CT molecular complexity index is 911. The van der Waals surface area contributed by atoms with Crippen molar-refractivity contribution in [1.82, 2.24) is 19.5 Å². The molecule has 0 aliphatic rings. The molecule has 0 saturated carbocycles. The van der Waals surface area contributed by atoms with Gasteiger partial charge in [0.2, 0.25) is 0 Å². The second-order valence-electron chi connectivity index (χ2n) is 5.94. The van der Waals surface area contributed by atoms with Gasteiger partial charge in [0.05, 0.1) is 0 Å². The normalized spacial score (nSPS) is 11.5.